The second-order valence-electron chi connectivity index (χ2n) is 7.81. The molecule has 1 aliphatic carbocycles. The van der Waals surface area contributed by atoms with Crippen molar-refractivity contribution in [2.24, 2.45) is 17.8 Å². The van der Waals surface area contributed by atoms with Crippen LogP contribution in [-0.2, 0) is 16.1 Å². The lowest BCUT2D eigenvalue weighted by Gasteiger charge is -2.40. The SMILES string of the molecule is COc1ccccc1CNC(=O)[C@@H]1CC(=O)N([C@@H]2CCC[C@@H](C)[C@H]2C)C1. The predicted octanol–water partition coefficient (Wildman–Crippen LogP) is 2.98. The van der Waals surface area contributed by atoms with Crippen LogP contribution in [0.5, 0.6) is 5.75 Å². The summed E-state index contributed by atoms with van der Waals surface area (Å²) in [4.78, 5) is 27.1. The van der Waals surface area contributed by atoms with Crippen LogP contribution in [0.2, 0.25) is 0 Å². The van der Waals surface area contributed by atoms with Gasteiger partial charge in [-0.15, -0.1) is 0 Å². The fourth-order valence-electron chi connectivity index (χ4n) is 4.40. The minimum Gasteiger partial charge on any atom is -0.496 e. The zero-order valence-electron chi connectivity index (χ0n) is 16.0. The molecule has 3 rings (SSSR count). The van der Waals surface area contributed by atoms with Crippen LogP contribution in [0.25, 0.3) is 0 Å². The third-order valence-electron chi connectivity index (χ3n) is 6.24. The van der Waals surface area contributed by atoms with Gasteiger partial charge in [-0.1, -0.05) is 44.9 Å². The van der Waals surface area contributed by atoms with E-state index < -0.39 is 0 Å². The van der Waals surface area contributed by atoms with E-state index in [2.05, 4.69) is 19.2 Å². The highest BCUT2D eigenvalue weighted by Crippen LogP contribution is 2.35. The van der Waals surface area contributed by atoms with E-state index in [1.807, 2.05) is 29.2 Å². The lowest BCUT2D eigenvalue weighted by atomic mass is 9.77. The summed E-state index contributed by atoms with van der Waals surface area (Å²) in [6.45, 7) is 5.49. The van der Waals surface area contributed by atoms with Crippen molar-refractivity contribution < 1.29 is 14.3 Å². The molecule has 0 unspecified atom stereocenters. The summed E-state index contributed by atoms with van der Waals surface area (Å²) < 4.78 is 5.32. The van der Waals surface area contributed by atoms with Crippen molar-refractivity contribution in [3.05, 3.63) is 29.8 Å². The molecule has 1 heterocycles. The van der Waals surface area contributed by atoms with Crippen LogP contribution in [-0.4, -0.2) is 36.4 Å². The van der Waals surface area contributed by atoms with Crippen molar-refractivity contribution in [2.75, 3.05) is 13.7 Å². The first-order chi connectivity index (χ1) is 12.5. The van der Waals surface area contributed by atoms with Crippen molar-refractivity contribution in [1.82, 2.24) is 10.2 Å². The number of benzene rings is 1. The van der Waals surface area contributed by atoms with Crippen LogP contribution in [0.4, 0.5) is 0 Å². The zero-order valence-corrected chi connectivity index (χ0v) is 16.0. The maximum absolute atomic E-state index is 12.6. The van der Waals surface area contributed by atoms with Gasteiger partial charge in [-0.2, -0.15) is 0 Å². The second kappa shape index (κ2) is 8.11. The lowest BCUT2D eigenvalue weighted by Crippen LogP contribution is -2.45. The van der Waals surface area contributed by atoms with E-state index in [0.717, 1.165) is 17.7 Å². The molecule has 142 valence electrons. The van der Waals surface area contributed by atoms with Gasteiger partial charge in [0.25, 0.3) is 0 Å². The van der Waals surface area contributed by atoms with E-state index in [4.69, 9.17) is 4.74 Å². The summed E-state index contributed by atoms with van der Waals surface area (Å²) in [6, 6.07) is 7.95. The molecule has 0 radical (unpaired) electrons. The molecule has 1 aromatic carbocycles. The maximum Gasteiger partial charge on any atom is 0.225 e. The van der Waals surface area contributed by atoms with E-state index >= 15 is 0 Å². The van der Waals surface area contributed by atoms with E-state index in [1.165, 1.54) is 12.8 Å². The summed E-state index contributed by atoms with van der Waals surface area (Å²) in [5.41, 5.74) is 0.944. The monoisotopic (exact) mass is 358 g/mol. The summed E-state index contributed by atoms with van der Waals surface area (Å²) in [6.07, 6.45) is 3.80. The number of rotatable bonds is 5. The molecular weight excluding hydrogens is 328 g/mol. The van der Waals surface area contributed by atoms with Crippen molar-refractivity contribution in [3.8, 4) is 5.75 Å². The Morgan fingerprint density at radius 3 is 2.81 bits per heavy atom. The molecule has 26 heavy (non-hydrogen) atoms. The molecule has 4 atom stereocenters. The van der Waals surface area contributed by atoms with Crippen LogP contribution < -0.4 is 10.1 Å². The van der Waals surface area contributed by atoms with Crippen LogP contribution >= 0.6 is 0 Å². The fraction of sp³-hybridized carbons (Fsp3) is 0.619. The van der Waals surface area contributed by atoms with Crippen LogP contribution in [0, 0.1) is 17.8 Å². The number of nitrogens with zero attached hydrogens (tertiary/aromatic N) is 1. The summed E-state index contributed by atoms with van der Waals surface area (Å²) in [5.74, 6) is 1.75. The second-order valence-corrected chi connectivity index (χ2v) is 7.81. The third kappa shape index (κ3) is 3.87. The Balaban J connectivity index is 1.58. The largest absolute Gasteiger partial charge is 0.496 e. The van der Waals surface area contributed by atoms with Gasteiger partial charge in [0.15, 0.2) is 0 Å². The number of para-hydroxylation sites is 1. The number of nitrogens with one attached hydrogen (secondary N) is 1. The number of hydrogen-bond donors (Lipinski definition) is 1. The van der Waals surface area contributed by atoms with Gasteiger partial charge in [-0.25, -0.2) is 0 Å². The first-order valence-corrected chi connectivity index (χ1v) is 9.70. The van der Waals surface area contributed by atoms with Gasteiger partial charge in [-0.3, -0.25) is 9.59 Å². The molecule has 1 aromatic rings. The molecule has 1 saturated heterocycles. The summed E-state index contributed by atoms with van der Waals surface area (Å²) in [5, 5.41) is 2.98. The molecule has 1 aliphatic heterocycles. The molecule has 2 aliphatic rings. The van der Waals surface area contributed by atoms with Gasteiger partial charge >= 0.3 is 0 Å². The Hall–Kier alpha value is -2.04. The van der Waals surface area contributed by atoms with E-state index in [9.17, 15) is 9.59 Å². The van der Waals surface area contributed by atoms with Gasteiger partial charge in [0.2, 0.25) is 11.8 Å². The average molecular weight is 358 g/mol. The zero-order chi connectivity index (χ0) is 18.7. The highest BCUT2D eigenvalue weighted by molar-refractivity contribution is 5.89. The molecule has 2 amide bonds. The van der Waals surface area contributed by atoms with E-state index in [1.54, 1.807) is 7.11 Å². The van der Waals surface area contributed by atoms with Crippen LogP contribution in [0.3, 0.4) is 0 Å². The van der Waals surface area contributed by atoms with Crippen LogP contribution in [0.1, 0.15) is 45.1 Å². The topological polar surface area (TPSA) is 58.6 Å². The van der Waals surface area contributed by atoms with Gasteiger partial charge in [0.05, 0.1) is 13.0 Å². The molecule has 0 aromatic heterocycles. The number of carbonyl (C=O) groups excluding carboxylic acids is 2. The lowest BCUT2D eigenvalue weighted by molar-refractivity contribution is -0.132. The summed E-state index contributed by atoms with van der Waals surface area (Å²) >= 11 is 0. The Morgan fingerprint density at radius 2 is 2.04 bits per heavy atom. The van der Waals surface area contributed by atoms with E-state index in [0.29, 0.717) is 37.4 Å². The quantitative estimate of drug-likeness (QED) is 0.880. The highest BCUT2D eigenvalue weighted by Gasteiger charge is 2.41. The molecule has 2 fully saturated rings. The predicted molar refractivity (Wildman–Crippen MR) is 101 cm³/mol. The molecule has 0 spiro atoms. The van der Waals surface area contributed by atoms with Crippen molar-refractivity contribution >= 4 is 11.8 Å². The smallest absolute Gasteiger partial charge is 0.225 e. The third-order valence-corrected chi connectivity index (χ3v) is 6.24. The number of likely N-dealkylation sites (tertiary alicyclic amines) is 1. The number of amides is 2. The first-order valence-electron chi connectivity index (χ1n) is 9.70. The Kier molecular flexibility index (Phi) is 5.84. The molecule has 5 heteroatoms. The highest BCUT2D eigenvalue weighted by atomic mass is 16.5. The van der Waals surface area contributed by atoms with E-state index in [-0.39, 0.29) is 17.7 Å². The first kappa shape index (κ1) is 18.7. The maximum atomic E-state index is 12.6. The fourth-order valence-corrected chi connectivity index (χ4v) is 4.40. The van der Waals surface area contributed by atoms with Gasteiger partial charge in [0, 0.05) is 31.1 Å². The minimum absolute atomic E-state index is 0.0386. The van der Waals surface area contributed by atoms with Crippen molar-refractivity contribution in [2.45, 2.75) is 52.1 Å². The average Bonchev–Trinajstić information content (AvgIpc) is 3.04. The van der Waals surface area contributed by atoms with Gasteiger partial charge in [0.1, 0.15) is 5.75 Å². The molecule has 0 bridgehead atoms. The number of hydrogen-bond acceptors (Lipinski definition) is 3. The molecule has 1 saturated carbocycles. The Morgan fingerprint density at radius 1 is 1.27 bits per heavy atom. The number of ether oxygens (including phenoxy) is 1. The molecular formula is C21H30N2O3. The van der Waals surface area contributed by atoms with Crippen LogP contribution in [0.15, 0.2) is 24.3 Å². The normalized spacial score (nSPS) is 28.9. The number of methoxy groups -OCH3 is 1. The van der Waals surface area contributed by atoms with Crippen molar-refractivity contribution in [3.63, 3.8) is 0 Å². The minimum atomic E-state index is -0.248. The Bertz CT molecular complexity index is 660. The standard InChI is InChI=1S/C21H30N2O3/c1-14-7-6-9-18(15(14)2)23-13-17(11-20(23)24)21(25)22-12-16-8-4-5-10-19(16)26-3/h4-5,8,10,14-15,17-18H,6-7,9,11-13H2,1-3H3,(H,22,25)/t14-,15-,17-,18-/m1/s1. The van der Waals surface area contributed by atoms with Gasteiger partial charge in [-0.05, 0) is 24.3 Å². The Labute approximate surface area is 156 Å². The number of carbonyl (C=O) groups is 2. The molecule has 5 nitrogen and oxygen atoms in total. The van der Waals surface area contributed by atoms with Crippen molar-refractivity contribution in [1.29, 1.82) is 0 Å². The summed E-state index contributed by atoms with van der Waals surface area (Å²) in [7, 11) is 1.63. The molecule has 1 N–H and O–H groups in total. The van der Waals surface area contributed by atoms with Gasteiger partial charge < -0.3 is 15.0 Å².